The number of carbonyl (C=O) groups is 1. The zero-order valence-electron chi connectivity index (χ0n) is 15.4. The molecule has 10 nitrogen and oxygen atoms in total. The Labute approximate surface area is 162 Å². The molecule has 3 rings (SSSR count). The van der Waals surface area contributed by atoms with Crippen molar-refractivity contribution < 1.29 is 22.7 Å². The summed E-state index contributed by atoms with van der Waals surface area (Å²) in [5.74, 6) is -1.15. The van der Waals surface area contributed by atoms with Crippen LogP contribution in [0.3, 0.4) is 0 Å². The number of aromatic nitrogens is 6. The van der Waals surface area contributed by atoms with Gasteiger partial charge in [-0.25, -0.2) is 14.6 Å². The lowest BCUT2D eigenvalue weighted by atomic mass is 10.2. The molecule has 3 aromatic rings. The number of ether oxygens (including phenoxy) is 1. The molecule has 29 heavy (non-hydrogen) atoms. The first-order chi connectivity index (χ1) is 13.7. The molecule has 0 bridgehead atoms. The van der Waals surface area contributed by atoms with Gasteiger partial charge in [-0.1, -0.05) is 0 Å². The summed E-state index contributed by atoms with van der Waals surface area (Å²) in [5.41, 5.74) is 3.76. The van der Waals surface area contributed by atoms with Gasteiger partial charge in [0.2, 0.25) is 11.8 Å². The molecule has 0 fully saturated rings. The summed E-state index contributed by atoms with van der Waals surface area (Å²) in [6, 6.07) is 4.26. The van der Waals surface area contributed by atoms with E-state index < -0.39 is 23.3 Å². The van der Waals surface area contributed by atoms with Crippen molar-refractivity contribution in [3.8, 4) is 11.7 Å². The predicted molar refractivity (Wildman–Crippen MR) is 93.3 cm³/mol. The quantitative estimate of drug-likeness (QED) is 0.614. The van der Waals surface area contributed by atoms with Crippen LogP contribution in [0.5, 0.6) is 5.88 Å². The van der Waals surface area contributed by atoms with E-state index in [1.807, 2.05) is 0 Å². The van der Waals surface area contributed by atoms with E-state index >= 15 is 0 Å². The number of alkyl halides is 3. The van der Waals surface area contributed by atoms with Crippen LogP contribution in [0.1, 0.15) is 27.4 Å². The lowest BCUT2D eigenvalue weighted by Crippen LogP contribution is -2.32. The molecule has 0 saturated carbocycles. The first-order valence-electron chi connectivity index (χ1n) is 8.11. The average Bonchev–Trinajstić information content (AvgIpc) is 3.11. The Morgan fingerprint density at radius 2 is 1.83 bits per heavy atom. The number of anilines is 1. The second-order valence-corrected chi connectivity index (χ2v) is 5.80. The highest BCUT2D eigenvalue weighted by atomic mass is 19.4. The van der Waals surface area contributed by atoms with Crippen LogP contribution in [0.25, 0.3) is 5.82 Å². The van der Waals surface area contributed by atoms with Crippen LogP contribution >= 0.6 is 0 Å². The van der Waals surface area contributed by atoms with E-state index in [4.69, 9.17) is 4.74 Å². The van der Waals surface area contributed by atoms with Gasteiger partial charge in [0.05, 0.1) is 18.9 Å². The second-order valence-electron chi connectivity index (χ2n) is 5.80. The Bertz CT molecular complexity index is 1010. The Morgan fingerprint density at radius 1 is 1.14 bits per heavy atom. The molecular formula is C16H15F3N8O2. The van der Waals surface area contributed by atoms with Gasteiger partial charge >= 0.3 is 6.18 Å². The van der Waals surface area contributed by atoms with Crippen molar-refractivity contribution >= 4 is 11.9 Å². The van der Waals surface area contributed by atoms with Gasteiger partial charge in [-0.15, -0.1) is 10.2 Å². The fraction of sp³-hybridized carbons (Fsp3) is 0.250. The number of rotatable bonds is 5. The summed E-state index contributed by atoms with van der Waals surface area (Å²) >= 11 is 0. The number of hydrogen-bond acceptors (Lipinski definition) is 8. The lowest BCUT2D eigenvalue weighted by Gasteiger charge is -2.12. The molecule has 2 N–H and O–H groups in total. The van der Waals surface area contributed by atoms with Crippen LogP contribution in [0, 0.1) is 13.8 Å². The molecule has 0 aliphatic heterocycles. The number of hydrazine groups is 1. The van der Waals surface area contributed by atoms with E-state index in [0.717, 1.165) is 6.20 Å². The van der Waals surface area contributed by atoms with Crippen molar-refractivity contribution in [3.05, 3.63) is 47.0 Å². The number of amides is 1. The fourth-order valence-electron chi connectivity index (χ4n) is 2.46. The maximum Gasteiger partial charge on any atom is 0.434 e. The summed E-state index contributed by atoms with van der Waals surface area (Å²) in [6.07, 6.45) is -4.10. The normalized spacial score (nSPS) is 11.2. The molecule has 1 amide bonds. The predicted octanol–water partition coefficient (Wildman–Crippen LogP) is 1.85. The van der Waals surface area contributed by atoms with E-state index in [1.165, 1.54) is 19.2 Å². The van der Waals surface area contributed by atoms with Gasteiger partial charge in [0, 0.05) is 17.5 Å². The third-order valence-corrected chi connectivity index (χ3v) is 3.60. The van der Waals surface area contributed by atoms with Gasteiger partial charge < -0.3 is 4.74 Å². The van der Waals surface area contributed by atoms with E-state index in [2.05, 4.69) is 36.1 Å². The van der Waals surface area contributed by atoms with Crippen molar-refractivity contribution in [2.75, 3.05) is 12.5 Å². The monoisotopic (exact) mass is 408 g/mol. The SMILES string of the molecule is COc1ccc(-n2ncc(C(=O)NNc3nc(C)cc(C)n3)c2C(F)(F)F)nn1. The molecule has 13 heteroatoms. The highest BCUT2D eigenvalue weighted by Crippen LogP contribution is 2.33. The minimum absolute atomic E-state index is 0.0396. The molecule has 0 atom stereocenters. The summed E-state index contributed by atoms with van der Waals surface area (Å²) < 4.78 is 46.2. The fourth-order valence-corrected chi connectivity index (χ4v) is 2.46. The second kappa shape index (κ2) is 7.69. The highest BCUT2D eigenvalue weighted by molar-refractivity contribution is 5.96. The zero-order chi connectivity index (χ0) is 21.2. The van der Waals surface area contributed by atoms with Crippen LogP contribution in [0.15, 0.2) is 24.4 Å². The highest BCUT2D eigenvalue weighted by Gasteiger charge is 2.41. The van der Waals surface area contributed by atoms with Gasteiger partial charge in [-0.05, 0) is 26.0 Å². The molecule has 0 radical (unpaired) electrons. The van der Waals surface area contributed by atoms with E-state index in [-0.39, 0.29) is 17.6 Å². The van der Waals surface area contributed by atoms with Gasteiger partial charge in [-0.2, -0.15) is 18.3 Å². The molecular weight excluding hydrogens is 393 g/mol. The molecule has 0 aliphatic carbocycles. The maximum atomic E-state index is 13.6. The average molecular weight is 408 g/mol. The molecule has 3 aromatic heterocycles. The third kappa shape index (κ3) is 4.39. The minimum atomic E-state index is -4.89. The number of hydrogen-bond donors (Lipinski definition) is 2. The van der Waals surface area contributed by atoms with Crippen molar-refractivity contribution in [1.82, 2.24) is 35.4 Å². The number of halogens is 3. The van der Waals surface area contributed by atoms with Crippen molar-refractivity contribution in [1.29, 1.82) is 0 Å². The molecule has 152 valence electrons. The summed E-state index contributed by atoms with van der Waals surface area (Å²) in [4.78, 5) is 20.4. The van der Waals surface area contributed by atoms with Crippen molar-refractivity contribution in [3.63, 3.8) is 0 Å². The number of nitrogens with one attached hydrogen (secondary N) is 2. The summed E-state index contributed by atoms with van der Waals surface area (Å²) in [5, 5.41) is 10.9. The molecule has 0 aliphatic rings. The minimum Gasteiger partial charge on any atom is -0.480 e. The van der Waals surface area contributed by atoms with Gasteiger partial charge in [0.25, 0.3) is 5.91 Å². The lowest BCUT2D eigenvalue weighted by molar-refractivity contribution is -0.143. The van der Waals surface area contributed by atoms with E-state index in [0.29, 0.717) is 16.1 Å². The number of carbonyl (C=O) groups excluding carboxylic acids is 1. The summed E-state index contributed by atoms with van der Waals surface area (Å²) in [6.45, 7) is 3.42. The Morgan fingerprint density at radius 3 is 2.38 bits per heavy atom. The van der Waals surface area contributed by atoms with Crippen molar-refractivity contribution in [2.45, 2.75) is 20.0 Å². The topological polar surface area (TPSA) is 120 Å². The standard InChI is InChI=1S/C16H15F3N8O2/c1-8-6-9(2)22-15(21-8)26-25-14(28)10-7-20-27(13(10)16(17,18)19)11-4-5-12(29-3)24-23-11/h4-7H,1-3H3,(H,25,28)(H,21,22,26). The first-order valence-corrected chi connectivity index (χ1v) is 8.11. The Kier molecular flexibility index (Phi) is 5.30. The van der Waals surface area contributed by atoms with E-state index in [1.54, 1.807) is 19.9 Å². The molecule has 3 heterocycles. The van der Waals surface area contributed by atoms with Gasteiger partial charge in [-0.3, -0.25) is 15.6 Å². The smallest absolute Gasteiger partial charge is 0.434 e. The number of aryl methyl sites for hydroxylation is 2. The van der Waals surface area contributed by atoms with Crippen LogP contribution < -0.4 is 15.6 Å². The number of methoxy groups -OCH3 is 1. The van der Waals surface area contributed by atoms with Crippen LogP contribution in [-0.4, -0.2) is 43.0 Å². The van der Waals surface area contributed by atoms with Gasteiger partial charge in [0.15, 0.2) is 11.5 Å². The number of nitrogens with zero attached hydrogens (tertiary/aromatic N) is 6. The molecule has 0 saturated heterocycles. The Balaban J connectivity index is 1.90. The van der Waals surface area contributed by atoms with Crippen LogP contribution in [0.2, 0.25) is 0 Å². The van der Waals surface area contributed by atoms with Crippen LogP contribution in [-0.2, 0) is 6.18 Å². The zero-order valence-corrected chi connectivity index (χ0v) is 15.4. The van der Waals surface area contributed by atoms with Crippen molar-refractivity contribution in [2.24, 2.45) is 0 Å². The summed E-state index contributed by atoms with van der Waals surface area (Å²) in [7, 11) is 1.34. The molecule has 0 spiro atoms. The first kappa shape index (κ1) is 20.0. The Hall–Kier alpha value is -3.77. The third-order valence-electron chi connectivity index (χ3n) is 3.60. The van der Waals surface area contributed by atoms with E-state index in [9.17, 15) is 18.0 Å². The largest absolute Gasteiger partial charge is 0.480 e. The van der Waals surface area contributed by atoms with Crippen LogP contribution in [0.4, 0.5) is 19.1 Å². The molecule has 0 unspecified atom stereocenters. The maximum absolute atomic E-state index is 13.6. The van der Waals surface area contributed by atoms with Gasteiger partial charge in [0.1, 0.15) is 0 Å². The molecule has 0 aromatic carbocycles.